The minimum atomic E-state index is -3.73. The molecule has 0 unspecified atom stereocenters. The maximum atomic E-state index is 11.6. The molecule has 0 aliphatic carbocycles. The normalized spacial score (nSPS) is 15.3. The van der Waals surface area contributed by atoms with Gasteiger partial charge in [0.25, 0.3) is 0 Å². The second kappa shape index (κ2) is 7.79. The summed E-state index contributed by atoms with van der Waals surface area (Å²) in [6.07, 6.45) is 1.55. The van der Waals surface area contributed by atoms with Crippen LogP contribution in [-0.4, -0.2) is 42.7 Å². The van der Waals surface area contributed by atoms with Gasteiger partial charge in [-0.3, -0.25) is 0 Å². The van der Waals surface area contributed by atoms with Crippen molar-refractivity contribution in [1.29, 1.82) is 0 Å². The first-order chi connectivity index (χ1) is 12.8. The van der Waals surface area contributed by atoms with Gasteiger partial charge in [0.1, 0.15) is 5.82 Å². The van der Waals surface area contributed by atoms with Crippen LogP contribution in [-0.2, 0) is 29.4 Å². The first-order valence-electron chi connectivity index (χ1n) is 8.95. The summed E-state index contributed by atoms with van der Waals surface area (Å²) < 4.78 is 23.3. The van der Waals surface area contributed by atoms with E-state index in [-0.39, 0.29) is 17.5 Å². The number of primary sulfonamides is 1. The zero-order valence-electron chi connectivity index (χ0n) is 15.5. The molecule has 3 rings (SSSR count). The fourth-order valence-electron chi connectivity index (χ4n) is 3.06. The van der Waals surface area contributed by atoms with Crippen LogP contribution in [0.5, 0.6) is 0 Å². The van der Waals surface area contributed by atoms with Gasteiger partial charge >= 0.3 is 0 Å². The Morgan fingerprint density at radius 1 is 1.30 bits per heavy atom. The van der Waals surface area contributed by atoms with E-state index in [0.717, 1.165) is 42.0 Å². The zero-order chi connectivity index (χ0) is 19.6. The largest absolute Gasteiger partial charge is 0.394 e. The summed E-state index contributed by atoms with van der Waals surface area (Å²) in [7, 11) is -3.73. The second-order valence-electron chi connectivity index (χ2n) is 6.77. The van der Waals surface area contributed by atoms with Crippen molar-refractivity contribution < 1.29 is 13.5 Å². The molecule has 1 aromatic heterocycles. The van der Waals surface area contributed by atoms with E-state index in [1.807, 2.05) is 26.0 Å². The molecule has 0 bridgehead atoms. The van der Waals surface area contributed by atoms with Crippen molar-refractivity contribution in [1.82, 2.24) is 9.97 Å². The molecule has 1 aliphatic rings. The highest BCUT2D eigenvalue weighted by Crippen LogP contribution is 2.26. The molecule has 2 heterocycles. The van der Waals surface area contributed by atoms with E-state index in [1.54, 1.807) is 12.1 Å². The summed E-state index contributed by atoms with van der Waals surface area (Å²) in [5.74, 6) is 1.26. The van der Waals surface area contributed by atoms with Crippen molar-refractivity contribution in [2.75, 3.05) is 23.4 Å². The number of nitrogens with two attached hydrogens (primary N) is 1. The molecule has 0 fully saturated rings. The summed E-state index contributed by atoms with van der Waals surface area (Å²) in [4.78, 5) is 11.3. The lowest BCUT2D eigenvalue weighted by atomic mass is 10.00. The topological polar surface area (TPSA) is 121 Å². The van der Waals surface area contributed by atoms with Crippen molar-refractivity contribution >= 4 is 21.8 Å². The van der Waals surface area contributed by atoms with E-state index < -0.39 is 10.0 Å². The molecule has 1 aromatic carbocycles. The third-order valence-electron chi connectivity index (χ3n) is 4.62. The molecule has 0 radical (unpaired) electrons. The monoisotopic (exact) mass is 391 g/mol. The first-order valence-corrected chi connectivity index (χ1v) is 10.5. The number of benzene rings is 1. The number of sulfonamides is 1. The van der Waals surface area contributed by atoms with Crippen molar-refractivity contribution in [2.45, 2.75) is 44.2 Å². The van der Waals surface area contributed by atoms with Crippen LogP contribution in [0.1, 0.15) is 30.7 Å². The predicted octanol–water partition coefficient (Wildman–Crippen LogP) is 1.04. The number of hydrogen-bond donors (Lipinski definition) is 3. The Morgan fingerprint density at radius 3 is 2.74 bits per heavy atom. The van der Waals surface area contributed by atoms with Gasteiger partial charge < -0.3 is 15.3 Å². The Hall–Kier alpha value is -2.23. The van der Waals surface area contributed by atoms with E-state index in [2.05, 4.69) is 20.2 Å². The van der Waals surface area contributed by atoms with Crippen LogP contribution in [0.15, 0.2) is 29.2 Å². The molecule has 8 nitrogen and oxygen atoms in total. The molecule has 2 aromatic rings. The molecule has 9 heteroatoms. The fourth-order valence-corrected chi connectivity index (χ4v) is 3.63. The highest BCUT2D eigenvalue weighted by molar-refractivity contribution is 7.89. The maximum absolute atomic E-state index is 11.6. The van der Waals surface area contributed by atoms with Crippen LogP contribution in [0, 0.1) is 0 Å². The summed E-state index contributed by atoms with van der Waals surface area (Å²) in [5.41, 5.74) is 2.95. The average molecular weight is 391 g/mol. The van der Waals surface area contributed by atoms with Gasteiger partial charge in [0, 0.05) is 30.9 Å². The predicted molar refractivity (Wildman–Crippen MR) is 104 cm³/mol. The minimum absolute atomic E-state index is 0.0114. The van der Waals surface area contributed by atoms with Crippen LogP contribution in [0.3, 0.4) is 0 Å². The number of nitrogens with one attached hydrogen (secondary N) is 1. The standard InChI is InChI=1S/C18H25N5O3S/c1-3-15-9-17(22-18(21-15)20-12(2)11-24)23-7-6-13-4-5-16(27(19,25)26)8-14(13)10-23/h4-5,8-9,12,24H,3,6-7,10-11H2,1-2H3,(H2,19,25,26)(H,20,21,22)/t12-/m0/s1. The van der Waals surface area contributed by atoms with E-state index in [9.17, 15) is 13.5 Å². The lowest BCUT2D eigenvalue weighted by Crippen LogP contribution is -2.32. The molecular formula is C18H25N5O3S. The lowest BCUT2D eigenvalue weighted by molar-refractivity contribution is 0.281. The fraction of sp³-hybridized carbons (Fsp3) is 0.444. The molecule has 0 amide bonds. The van der Waals surface area contributed by atoms with Gasteiger partial charge in [-0.1, -0.05) is 13.0 Å². The smallest absolute Gasteiger partial charge is 0.238 e. The Balaban J connectivity index is 1.91. The van der Waals surface area contributed by atoms with Gasteiger partial charge in [0.15, 0.2) is 0 Å². The average Bonchev–Trinajstić information content (AvgIpc) is 2.65. The summed E-state index contributed by atoms with van der Waals surface area (Å²) in [6, 6.07) is 6.83. The number of aromatic nitrogens is 2. The van der Waals surface area contributed by atoms with E-state index >= 15 is 0 Å². The van der Waals surface area contributed by atoms with Gasteiger partial charge in [0.2, 0.25) is 16.0 Å². The number of aliphatic hydroxyl groups is 1. The molecular weight excluding hydrogens is 366 g/mol. The zero-order valence-corrected chi connectivity index (χ0v) is 16.3. The second-order valence-corrected chi connectivity index (χ2v) is 8.33. The van der Waals surface area contributed by atoms with Crippen molar-refractivity contribution in [3.63, 3.8) is 0 Å². The molecule has 0 spiro atoms. The molecule has 1 atom stereocenters. The molecule has 0 saturated heterocycles. The summed E-state index contributed by atoms with van der Waals surface area (Å²) in [6.45, 7) is 5.19. The Labute approximate surface area is 159 Å². The van der Waals surface area contributed by atoms with E-state index in [1.165, 1.54) is 0 Å². The molecule has 4 N–H and O–H groups in total. The Bertz CT molecular complexity index is 933. The lowest BCUT2D eigenvalue weighted by Gasteiger charge is -2.30. The van der Waals surface area contributed by atoms with E-state index in [4.69, 9.17) is 5.14 Å². The maximum Gasteiger partial charge on any atom is 0.238 e. The first kappa shape index (κ1) is 19.5. The van der Waals surface area contributed by atoms with Crippen molar-refractivity contribution in [3.8, 4) is 0 Å². The number of hydrogen-bond acceptors (Lipinski definition) is 7. The van der Waals surface area contributed by atoms with Gasteiger partial charge in [0.05, 0.1) is 11.5 Å². The van der Waals surface area contributed by atoms with Gasteiger partial charge in [-0.2, -0.15) is 4.98 Å². The minimum Gasteiger partial charge on any atom is -0.394 e. The molecule has 27 heavy (non-hydrogen) atoms. The number of rotatable bonds is 6. The van der Waals surface area contributed by atoms with Crippen LogP contribution in [0.25, 0.3) is 0 Å². The Kier molecular flexibility index (Phi) is 5.64. The molecule has 1 aliphatic heterocycles. The third kappa shape index (κ3) is 4.55. The van der Waals surface area contributed by atoms with Crippen LogP contribution < -0.4 is 15.4 Å². The van der Waals surface area contributed by atoms with Gasteiger partial charge in [-0.15, -0.1) is 0 Å². The highest BCUT2D eigenvalue weighted by atomic mass is 32.2. The van der Waals surface area contributed by atoms with Crippen LogP contribution in [0.4, 0.5) is 11.8 Å². The number of aliphatic hydroxyl groups excluding tert-OH is 1. The van der Waals surface area contributed by atoms with Crippen molar-refractivity contribution in [2.24, 2.45) is 5.14 Å². The van der Waals surface area contributed by atoms with Gasteiger partial charge in [-0.05, 0) is 43.0 Å². The number of anilines is 2. The Morgan fingerprint density at radius 2 is 2.07 bits per heavy atom. The molecule has 146 valence electrons. The van der Waals surface area contributed by atoms with Gasteiger partial charge in [-0.25, -0.2) is 18.5 Å². The summed E-state index contributed by atoms with van der Waals surface area (Å²) in [5, 5.41) is 17.6. The number of aryl methyl sites for hydroxylation is 1. The number of fused-ring (bicyclic) bond motifs is 1. The number of nitrogens with zero attached hydrogens (tertiary/aromatic N) is 3. The molecule has 0 saturated carbocycles. The van der Waals surface area contributed by atoms with Crippen molar-refractivity contribution in [3.05, 3.63) is 41.1 Å². The third-order valence-corrected chi connectivity index (χ3v) is 5.53. The van der Waals surface area contributed by atoms with Crippen LogP contribution in [0.2, 0.25) is 0 Å². The summed E-state index contributed by atoms with van der Waals surface area (Å²) >= 11 is 0. The SMILES string of the molecule is CCc1cc(N2CCc3ccc(S(N)(=O)=O)cc3C2)nc(N[C@@H](C)CO)n1. The van der Waals surface area contributed by atoms with Crippen LogP contribution >= 0.6 is 0 Å². The quantitative estimate of drug-likeness (QED) is 0.673. The van der Waals surface area contributed by atoms with E-state index in [0.29, 0.717) is 12.5 Å². The highest BCUT2D eigenvalue weighted by Gasteiger charge is 2.21.